The minimum Gasteiger partial charge on any atom is -0.456 e. The summed E-state index contributed by atoms with van der Waals surface area (Å²) >= 11 is 7.37. The van der Waals surface area contributed by atoms with Gasteiger partial charge in [-0.2, -0.15) is 0 Å². The topological polar surface area (TPSA) is 27.7 Å². The zero-order valence-corrected chi connectivity index (χ0v) is 21.7. The van der Waals surface area contributed by atoms with Crippen LogP contribution in [0.3, 0.4) is 0 Å². The lowest BCUT2D eigenvalue weighted by atomic mass is 9.97. The summed E-state index contributed by atoms with van der Waals surface area (Å²) in [5, 5.41) is 0. The second-order valence-electron chi connectivity index (χ2n) is 8.91. The van der Waals surface area contributed by atoms with Crippen molar-refractivity contribution in [3.8, 4) is 11.5 Å². The van der Waals surface area contributed by atoms with Crippen LogP contribution >= 0.6 is 31.9 Å². The average Bonchev–Trinajstić information content (AvgIpc) is 2.73. The summed E-state index contributed by atoms with van der Waals surface area (Å²) in [5.41, 5.74) is 4.70. The SMILES string of the molecule is Cc1cc(Br)cc(CC2CCCCO2)c1Oc1c(C)cc(Br)cc1CC1CCCCO1. The number of hydrogen-bond acceptors (Lipinski definition) is 3. The zero-order chi connectivity index (χ0) is 21.8. The van der Waals surface area contributed by atoms with Gasteiger partial charge in [-0.3, -0.25) is 0 Å². The maximum absolute atomic E-state index is 6.74. The normalized spacial score (nSPS) is 21.8. The molecule has 2 aromatic carbocycles. The van der Waals surface area contributed by atoms with Crippen LogP contribution in [0.2, 0.25) is 0 Å². The second-order valence-corrected chi connectivity index (χ2v) is 10.7. The van der Waals surface area contributed by atoms with Crippen molar-refractivity contribution in [1.82, 2.24) is 0 Å². The highest BCUT2D eigenvalue weighted by Gasteiger charge is 2.22. The summed E-state index contributed by atoms with van der Waals surface area (Å²) in [6, 6.07) is 8.66. The molecule has 2 aromatic rings. The van der Waals surface area contributed by atoms with E-state index in [0.717, 1.165) is 70.5 Å². The molecule has 2 heterocycles. The van der Waals surface area contributed by atoms with E-state index in [2.05, 4.69) is 70.0 Å². The van der Waals surface area contributed by atoms with Crippen LogP contribution in [0.5, 0.6) is 11.5 Å². The first-order chi connectivity index (χ1) is 15.0. The number of hydrogen-bond donors (Lipinski definition) is 0. The summed E-state index contributed by atoms with van der Waals surface area (Å²) in [7, 11) is 0. The summed E-state index contributed by atoms with van der Waals surface area (Å²) in [6.45, 7) is 5.99. The van der Waals surface area contributed by atoms with Gasteiger partial charge < -0.3 is 14.2 Å². The third-order valence-corrected chi connectivity index (χ3v) is 7.20. The Labute approximate surface area is 203 Å². The average molecular weight is 552 g/mol. The molecule has 5 heteroatoms. The van der Waals surface area contributed by atoms with Crippen molar-refractivity contribution in [2.45, 2.75) is 77.4 Å². The highest BCUT2D eigenvalue weighted by atomic mass is 79.9. The van der Waals surface area contributed by atoms with Crippen molar-refractivity contribution < 1.29 is 14.2 Å². The van der Waals surface area contributed by atoms with E-state index in [4.69, 9.17) is 14.2 Å². The molecule has 0 N–H and O–H groups in total. The maximum Gasteiger partial charge on any atom is 0.133 e. The first-order valence-corrected chi connectivity index (χ1v) is 13.1. The molecule has 0 spiro atoms. The number of rotatable bonds is 6. The third kappa shape index (κ3) is 6.13. The number of halogens is 2. The first kappa shape index (κ1) is 23.3. The molecule has 2 atom stereocenters. The van der Waals surface area contributed by atoms with Crippen molar-refractivity contribution in [3.05, 3.63) is 55.5 Å². The van der Waals surface area contributed by atoms with Gasteiger partial charge in [0.15, 0.2) is 0 Å². The molecule has 2 fully saturated rings. The third-order valence-electron chi connectivity index (χ3n) is 6.28. The molecule has 0 aliphatic carbocycles. The summed E-state index contributed by atoms with van der Waals surface area (Å²) in [5.74, 6) is 1.93. The van der Waals surface area contributed by atoms with Gasteiger partial charge >= 0.3 is 0 Å². The Morgan fingerprint density at radius 1 is 0.742 bits per heavy atom. The maximum atomic E-state index is 6.74. The summed E-state index contributed by atoms with van der Waals surface area (Å²) < 4.78 is 21.0. The molecule has 3 nitrogen and oxygen atoms in total. The summed E-state index contributed by atoms with van der Waals surface area (Å²) in [4.78, 5) is 0. The lowest BCUT2D eigenvalue weighted by Crippen LogP contribution is -2.22. The lowest BCUT2D eigenvalue weighted by molar-refractivity contribution is 0.0163. The molecule has 2 aliphatic heterocycles. The van der Waals surface area contributed by atoms with Crippen LogP contribution in [0.4, 0.5) is 0 Å². The molecule has 31 heavy (non-hydrogen) atoms. The highest BCUT2D eigenvalue weighted by molar-refractivity contribution is 9.10. The number of ether oxygens (including phenoxy) is 3. The quantitative estimate of drug-likeness (QED) is 0.366. The zero-order valence-electron chi connectivity index (χ0n) is 18.5. The Hall–Kier alpha value is -0.880. The number of aryl methyl sites for hydroxylation is 2. The molecule has 2 unspecified atom stereocenters. The van der Waals surface area contributed by atoms with Crippen LogP contribution in [0.15, 0.2) is 33.2 Å². The van der Waals surface area contributed by atoms with Gasteiger partial charge in [-0.25, -0.2) is 0 Å². The largest absolute Gasteiger partial charge is 0.456 e. The Balaban J connectivity index is 1.65. The monoisotopic (exact) mass is 550 g/mol. The molecular weight excluding hydrogens is 520 g/mol. The lowest BCUT2D eigenvalue weighted by Gasteiger charge is -2.26. The van der Waals surface area contributed by atoms with Crippen LogP contribution in [0.1, 0.15) is 60.8 Å². The second kappa shape index (κ2) is 10.8. The molecule has 2 saturated heterocycles. The van der Waals surface area contributed by atoms with E-state index >= 15 is 0 Å². The van der Waals surface area contributed by atoms with Crippen LogP contribution < -0.4 is 4.74 Å². The van der Waals surface area contributed by atoms with Crippen molar-refractivity contribution in [1.29, 1.82) is 0 Å². The van der Waals surface area contributed by atoms with Crippen LogP contribution in [-0.2, 0) is 22.3 Å². The first-order valence-electron chi connectivity index (χ1n) is 11.5. The Morgan fingerprint density at radius 3 is 1.58 bits per heavy atom. The van der Waals surface area contributed by atoms with Gasteiger partial charge in [-0.15, -0.1) is 0 Å². The Kier molecular flexibility index (Phi) is 8.13. The van der Waals surface area contributed by atoms with E-state index in [1.54, 1.807) is 0 Å². The van der Waals surface area contributed by atoms with Crippen molar-refractivity contribution in [2.75, 3.05) is 13.2 Å². The minimum atomic E-state index is 0.269. The molecular formula is C26H32Br2O3. The van der Waals surface area contributed by atoms with E-state index in [9.17, 15) is 0 Å². The molecule has 0 amide bonds. The van der Waals surface area contributed by atoms with Crippen LogP contribution in [0.25, 0.3) is 0 Å². The van der Waals surface area contributed by atoms with E-state index in [1.165, 1.54) is 36.8 Å². The van der Waals surface area contributed by atoms with Gasteiger partial charge in [-0.1, -0.05) is 31.9 Å². The molecule has 0 radical (unpaired) electrons. The van der Waals surface area contributed by atoms with Crippen LogP contribution in [0, 0.1) is 13.8 Å². The van der Waals surface area contributed by atoms with Gasteiger partial charge in [-0.05, 0) is 98.9 Å². The van der Waals surface area contributed by atoms with E-state index in [-0.39, 0.29) is 12.2 Å². The molecule has 0 saturated carbocycles. The van der Waals surface area contributed by atoms with Crippen molar-refractivity contribution >= 4 is 31.9 Å². The predicted octanol–water partition coefficient (Wildman–Crippen LogP) is 7.84. The predicted molar refractivity (Wildman–Crippen MR) is 132 cm³/mol. The number of benzene rings is 2. The standard InChI is InChI=1S/C26H32Br2O3/c1-17-11-21(27)13-19(15-23-7-3-5-9-29-23)25(17)31-26-18(2)12-22(28)14-20(26)16-24-8-4-6-10-30-24/h11-14,23-24H,3-10,15-16H2,1-2H3. The van der Waals surface area contributed by atoms with Gasteiger partial charge in [0, 0.05) is 35.0 Å². The highest BCUT2D eigenvalue weighted by Crippen LogP contribution is 2.39. The summed E-state index contributed by atoms with van der Waals surface area (Å²) in [6.07, 6.45) is 9.36. The van der Waals surface area contributed by atoms with Gasteiger partial charge in [0.05, 0.1) is 12.2 Å². The van der Waals surface area contributed by atoms with E-state index in [1.807, 2.05) is 0 Å². The molecule has 4 rings (SSSR count). The van der Waals surface area contributed by atoms with Crippen molar-refractivity contribution in [3.63, 3.8) is 0 Å². The van der Waals surface area contributed by atoms with E-state index in [0.29, 0.717) is 0 Å². The Bertz CT molecular complexity index is 827. The van der Waals surface area contributed by atoms with Gasteiger partial charge in [0.25, 0.3) is 0 Å². The van der Waals surface area contributed by atoms with Gasteiger partial charge in [0.1, 0.15) is 11.5 Å². The molecule has 0 aromatic heterocycles. The minimum absolute atomic E-state index is 0.269. The smallest absolute Gasteiger partial charge is 0.133 e. The van der Waals surface area contributed by atoms with Crippen LogP contribution in [-0.4, -0.2) is 25.4 Å². The Morgan fingerprint density at radius 2 is 1.19 bits per heavy atom. The molecule has 2 aliphatic rings. The fourth-order valence-electron chi connectivity index (χ4n) is 4.72. The molecule has 168 valence electrons. The fourth-order valence-corrected chi connectivity index (χ4v) is 5.96. The fraction of sp³-hybridized carbons (Fsp3) is 0.538. The van der Waals surface area contributed by atoms with Gasteiger partial charge in [0.2, 0.25) is 0 Å². The molecule has 0 bridgehead atoms. The van der Waals surface area contributed by atoms with Crippen molar-refractivity contribution in [2.24, 2.45) is 0 Å². The van der Waals surface area contributed by atoms with E-state index < -0.39 is 0 Å².